The predicted molar refractivity (Wildman–Crippen MR) is 121 cm³/mol. The van der Waals surface area contributed by atoms with E-state index in [1.807, 2.05) is 78.9 Å². The number of benzene rings is 3. The molecule has 26 heavy (non-hydrogen) atoms. The molecule has 0 bridgehead atoms. The first-order valence-electron chi connectivity index (χ1n) is 7.73. The number of hydrogen-bond donors (Lipinski definition) is 0. The summed E-state index contributed by atoms with van der Waals surface area (Å²) in [7, 11) is 0. The number of Topliss-reactive ketones (excluding diaryl/α,β-unsaturated/α-hetero) is 1. The van der Waals surface area contributed by atoms with Crippen LogP contribution in [0.3, 0.4) is 0 Å². The normalized spacial score (nSPS) is 11.4. The summed E-state index contributed by atoms with van der Waals surface area (Å²) in [6.07, 6.45) is 1.93. The lowest BCUT2D eigenvalue weighted by molar-refractivity contribution is 0.104. The van der Waals surface area contributed by atoms with E-state index in [-0.39, 0.29) is 5.78 Å². The summed E-state index contributed by atoms with van der Waals surface area (Å²) in [4.78, 5) is 14.8. The van der Waals surface area contributed by atoms with Gasteiger partial charge in [-0.15, -0.1) is 0 Å². The van der Waals surface area contributed by atoms with Crippen LogP contribution in [0, 0.1) is 0 Å². The molecule has 0 radical (unpaired) electrons. The molecular formula is C21H13Br3OS. The number of ketones is 1. The molecule has 5 heteroatoms. The number of thioether (sulfide) groups is 1. The minimum absolute atomic E-state index is 0.00109. The molecule has 0 unspecified atom stereocenters. The molecule has 0 atom stereocenters. The summed E-state index contributed by atoms with van der Waals surface area (Å²) in [5, 5.41) is 0. The molecule has 0 N–H and O–H groups in total. The Morgan fingerprint density at radius 3 is 1.96 bits per heavy atom. The van der Waals surface area contributed by atoms with E-state index in [4.69, 9.17) is 0 Å². The molecule has 3 rings (SSSR count). The van der Waals surface area contributed by atoms with Crippen LogP contribution in [0.25, 0.3) is 6.08 Å². The number of carbonyl (C=O) groups excluding carboxylic acids is 1. The largest absolute Gasteiger partial charge is 0.288 e. The zero-order valence-electron chi connectivity index (χ0n) is 13.5. The molecule has 0 spiro atoms. The molecule has 0 fully saturated rings. The van der Waals surface area contributed by atoms with E-state index < -0.39 is 0 Å². The van der Waals surface area contributed by atoms with Crippen LogP contribution in [0.1, 0.15) is 15.9 Å². The molecule has 0 saturated heterocycles. The predicted octanol–water partition coefficient (Wildman–Crippen LogP) is 7.99. The SMILES string of the molecule is O=C(/C(=C\c1ccc(Br)cc1)Sc1ccccc1Br)c1ccc(Br)cc1. The van der Waals surface area contributed by atoms with Gasteiger partial charge in [0.15, 0.2) is 5.78 Å². The first-order valence-corrected chi connectivity index (χ1v) is 10.9. The van der Waals surface area contributed by atoms with E-state index in [0.717, 1.165) is 23.9 Å². The van der Waals surface area contributed by atoms with Crippen molar-refractivity contribution in [1.82, 2.24) is 0 Å². The Labute approximate surface area is 182 Å². The fourth-order valence-electron chi connectivity index (χ4n) is 2.24. The van der Waals surface area contributed by atoms with E-state index in [2.05, 4.69) is 47.8 Å². The summed E-state index contributed by atoms with van der Waals surface area (Å²) in [5.74, 6) is 0.00109. The van der Waals surface area contributed by atoms with Crippen molar-refractivity contribution in [2.75, 3.05) is 0 Å². The third kappa shape index (κ3) is 5.19. The van der Waals surface area contributed by atoms with Crippen molar-refractivity contribution < 1.29 is 4.79 Å². The summed E-state index contributed by atoms with van der Waals surface area (Å²) >= 11 is 11.9. The lowest BCUT2D eigenvalue weighted by Gasteiger charge is -2.09. The fourth-order valence-corrected chi connectivity index (χ4v) is 4.25. The molecule has 0 saturated carbocycles. The van der Waals surface area contributed by atoms with Gasteiger partial charge in [0.05, 0.1) is 4.91 Å². The van der Waals surface area contributed by atoms with E-state index >= 15 is 0 Å². The van der Waals surface area contributed by atoms with E-state index in [9.17, 15) is 4.79 Å². The second-order valence-electron chi connectivity index (χ2n) is 5.43. The van der Waals surface area contributed by atoms with E-state index in [1.165, 1.54) is 11.8 Å². The maximum Gasteiger partial charge on any atom is 0.199 e. The zero-order chi connectivity index (χ0) is 18.5. The third-order valence-corrected chi connectivity index (χ3v) is 6.66. The van der Waals surface area contributed by atoms with Gasteiger partial charge >= 0.3 is 0 Å². The first kappa shape index (κ1) is 19.6. The van der Waals surface area contributed by atoms with Gasteiger partial charge in [-0.25, -0.2) is 0 Å². The van der Waals surface area contributed by atoms with Gasteiger partial charge in [-0.1, -0.05) is 67.9 Å². The Morgan fingerprint density at radius 1 is 0.769 bits per heavy atom. The molecular weight excluding hydrogens is 540 g/mol. The van der Waals surface area contributed by atoms with Crippen LogP contribution in [-0.4, -0.2) is 5.78 Å². The smallest absolute Gasteiger partial charge is 0.199 e. The summed E-state index contributed by atoms with van der Waals surface area (Å²) in [5.41, 5.74) is 1.64. The van der Waals surface area contributed by atoms with Gasteiger partial charge in [0, 0.05) is 23.9 Å². The van der Waals surface area contributed by atoms with Crippen molar-refractivity contribution in [3.05, 3.63) is 102 Å². The van der Waals surface area contributed by atoms with Crippen LogP contribution < -0.4 is 0 Å². The zero-order valence-corrected chi connectivity index (χ0v) is 19.0. The van der Waals surface area contributed by atoms with Gasteiger partial charge in [0.1, 0.15) is 0 Å². The van der Waals surface area contributed by atoms with Crippen molar-refractivity contribution in [2.45, 2.75) is 4.90 Å². The Balaban J connectivity index is 2.00. The molecule has 0 heterocycles. The average molecular weight is 553 g/mol. The van der Waals surface area contributed by atoms with Gasteiger partial charge in [0.25, 0.3) is 0 Å². The maximum absolute atomic E-state index is 13.1. The molecule has 0 aliphatic heterocycles. The van der Waals surface area contributed by atoms with Gasteiger partial charge < -0.3 is 0 Å². The minimum atomic E-state index is 0.00109. The van der Waals surface area contributed by atoms with Crippen LogP contribution >= 0.6 is 59.6 Å². The van der Waals surface area contributed by atoms with Crippen molar-refractivity contribution in [3.63, 3.8) is 0 Å². The molecule has 130 valence electrons. The second-order valence-corrected chi connectivity index (χ2v) is 9.20. The number of hydrogen-bond acceptors (Lipinski definition) is 2. The number of allylic oxidation sites excluding steroid dienone is 1. The topological polar surface area (TPSA) is 17.1 Å². The average Bonchev–Trinajstić information content (AvgIpc) is 2.65. The highest BCUT2D eigenvalue weighted by molar-refractivity contribution is 9.11. The van der Waals surface area contributed by atoms with Crippen LogP contribution in [-0.2, 0) is 0 Å². The molecule has 0 aliphatic carbocycles. The van der Waals surface area contributed by atoms with Gasteiger partial charge in [0.2, 0.25) is 0 Å². The highest BCUT2D eigenvalue weighted by Gasteiger charge is 2.15. The summed E-state index contributed by atoms with van der Waals surface area (Å²) < 4.78 is 2.93. The van der Waals surface area contributed by atoms with Gasteiger partial charge in [-0.2, -0.15) is 0 Å². The fraction of sp³-hybridized carbons (Fsp3) is 0. The lowest BCUT2D eigenvalue weighted by atomic mass is 10.1. The number of halogens is 3. The van der Waals surface area contributed by atoms with Crippen molar-refractivity contribution >= 4 is 71.4 Å². The van der Waals surface area contributed by atoms with E-state index in [0.29, 0.717) is 10.5 Å². The number of carbonyl (C=O) groups is 1. The van der Waals surface area contributed by atoms with Crippen LogP contribution in [0.4, 0.5) is 0 Å². The first-order chi connectivity index (χ1) is 12.5. The second kappa shape index (κ2) is 9.18. The van der Waals surface area contributed by atoms with E-state index in [1.54, 1.807) is 0 Å². The Morgan fingerprint density at radius 2 is 1.35 bits per heavy atom. The molecule has 1 nitrogen and oxygen atoms in total. The molecule has 3 aromatic rings. The Bertz CT molecular complexity index is 948. The van der Waals surface area contributed by atoms with Gasteiger partial charge in [-0.05, 0) is 76.1 Å². The molecule has 0 amide bonds. The van der Waals surface area contributed by atoms with Crippen LogP contribution in [0.2, 0.25) is 0 Å². The van der Waals surface area contributed by atoms with Crippen molar-refractivity contribution in [2.24, 2.45) is 0 Å². The Kier molecular flexibility index (Phi) is 6.92. The van der Waals surface area contributed by atoms with Crippen molar-refractivity contribution in [1.29, 1.82) is 0 Å². The standard InChI is InChI=1S/C21H13Br3OS/c22-16-9-5-14(6-10-16)13-20(26-19-4-2-1-3-18(19)24)21(25)15-7-11-17(23)12-8-15/h1-13H/b20-13+. The summed E-state index contributed by atoms with van der Waals surface area (Å²) in [6, 6.07) is 23.2. The maximum atomic E-state index is 13.1. The highest BCUT2D eigenvalue weighted by Crippen LogP contribution is 2.35. The monoisotopic (exact) mass is 550 g/mol. The Hall–Kier alpha value is -1.14. The van der Waals surface area contributed by atoms with Crippen LogP contribution in [0.15, 0.2) is 96.0 Å². The quantitative estimate of drug-likeness (QED) is 0.181. The minimum Gasteiger partial charge on any atom is -0.288 e. The molecule has 0 aromatic heterocycles. The van der Waals surface area contributed by atoms with Crippen molar-refractivity contribution in [3.8, 4) is 0 Å². The van der Waals surface area contributed by atoms with Gasteiger partial charge in [-0.3, -0.25) is 4.79 Å². The molecule has 3 aromatic carbocycles. The summed E-state index contributed by atoms with van der Waals surface area (Å²) in [6.45, 7) is 0. The lowest BCUT2D eigenvalue weighted by Crippen LogP contribution is -2.01. The van der Waals surface area contributed by atoms with Crippen LogP contribution in [0.5, 0.6) is 0 Å². The number of rotatable bonds is 5. The molecule has 0 aliphatic rings. The third-order valence-electron chi connectivity index (χ3n) is 3.55. The highest BCUT2D eigenvalue weighted by atomic mass is 79.9.